The molecule has 1 aliphatic rings. The van der Waals surface area contributed by atoms with E-state index in [1.807, 2.05) is 0 Å². The smallest absolute Gasteiger partial charge is 0.253 e. The molecule has 0 bridgehead atoms. The van der Waals surface area contributed by atoms with Crippen LogP contribution in [0.5, 0.6) is 0 Å². The van der Waals surface area contributed by atoms with Gasteiger partial charge in [-0.25, -0.2) is 0 Å². The van der Waals surface area contributed by atoms with Crippen LogP contribution in [-0.4, -0.2) is 35.4 Å². The monoisotopic (exact) mass is 311 g/mol. The minimum absolute atomic E-state index is 0.142. The van der Waals surface area contributed by atoms with Crippen LogP contribution in [0, 0.1) is 6.92 Å². The van der Waals surface area contributed by atoms with Gasteiger partial charge >= 0.3 is 0 Å². The lowest BCUT2D eigenvalue weighted by molar-refractivity contribution is 0.0946. The number of benzene rings is 1. The number of aryl methyl sites for hydroxylation is 1. The van der Waals surface area contributed by atoms with Gasteiger partial charge in [-0.15, -0.1) is 0 Å². The molecule has 1 aromatic carbocycles. The van der Waals surface area contributed by atoms with E-state index in [4.69, 9.17) is 0 Å². The fourth-order valence-electron chi connectivity index (χ4n) is 2.99. The molecule has 0 aliphatic carbocycles. The molecule has 0 atom stereocenters. The van der Waals surface area contributed by atoms with Crippen LogP contribution in [0.4, 0.5) is 0 Å². The molecular formula is C18H21N3O2. The maximum Gasteiger partial charge on any atom is 0.253 e. The van der Waals surface area contributed by atoms with E-state index in [9.17, 15) is 9.59 Å². The highest BCUT2D eigenvalue weighted by Crippen LogP contribution is 2.17. The van der Waals surface area contributed by atoms with Gasteiger partial charge in [0.05, 0.1) is 5.56 Å². The number of H-pyrrole nitrogens is 1. The number of pyridine rings is 1. The molecule has 3 rings (SSSR count). The Morgan fingerprint density at radius 1 is 1.22 bits per heavy atom. The Labute approximate surface area is 135 Å². The summed E-state index contributed by atoms with van der Waals surface area (Å²) in [4.78, 5) is 28.4. The lowest BCUT2D eigenvalue weighted by Crippen LogP contribution is -2.38. The molecule has 120 valence electrons. The zero-order valence-electron chi connectivity index (χ0n) is 13.3. The summed E-state index contributed by atoms with van der Waals surface area (Å²) in [6.45, 7) is 5.11. The SMILES string of the molecule is Cc1[nH]c(=O)ccc1C(=O)NCCN1CCc2ccccc2C1. The third-order valence-corrected chi connectivity index (χ3v) is 4.28. The van der Waals surface area contributed by atoms with Crippen molar-refractivity contribution in [3.05, 3.63) is 69.1 Å². The Morgan fingerprint density at radius 2 is 2.00 bits per heavy atom. The first-order valence-corrected chi connectivity index (χ1v) is 7.91. The third-order valence-electron chi connectivity index (χ3n) is 4.28. The molecule has 1 aliphatic heterocycles. The summed E-state index contributed by atoms with van der Waals surface area (Å²) in [5, 5.41) is 2.93. The number of aromatic nitrogens is 1. The quantitative estimate of drug-likeness (QED) is 0.899. The molecule has 0 saturated heterocycles. The minimum atomic E-state index is -0.189. The maximum atomic E-state index is 12.2. The first-order valence-electron chi connectivity index (χ1n) is 7.91. The van der Waals surface area contributed by atoms with Crippen LogP contribution in [0.25, 0.3) is 0 Å². The number of nitrogens with one attached hydrogen (secondary N) is 2. The van der Waals surface area contributed by atoms with Gasteiger partial charge in [-0.2, -0.15) is 0 Å². The Morgan fingerprint density at radius 3 is 2.78 bits per heavy atom. The highest BCUT2D eigenvalue weighted by molar-refractivity contribution is 5.95. The number of nitrogens with zero attached hydrogens (tertiary/aromatic N) is 1. The molecule has 5 heteroatoms. The van der Waals surface area contributed by atoms with Crippen molar-refractivity contribution in [2.24, 2.45) is 0 Å². The summed E-state index contributed by atoms with van der Waals surface area (Å²) in [6, 6.07) is 11.5. The molecule has 0 fully saturated rings. The number of amides is 1. The largest absolute Gasteiger partial charge is 0.351 e. The second-order valence-electron chi connectivity index (χ2n) is 5.91. The van der Waals surface area contributed by atoms with Crippen LogP contribution < -0.4 is 10.9 Å². The summed E-state index contributed by atoms with van der Waals surface area (Å²) >= 11 is 0. The van der Waals surface area contributed by atoms with Gasteiger partial charge in [-0.3, -0.25) is 14.5 Å². The molecule has 1 amide bonds. The van der Waals surface area contributed by atoms with Crippen LogP contribution in [0.1, 0.15) is 27.2 Å². The van der Waals surface area contributed by atoms with E-state index >= 15 is 0 Å². The van der Waals surface area contributed by atoms with Crippen LogP contribution in [-0.2, 0) is 13.0 Å². The summed E-state index contributed by atoms with van der Waals surface area (Å²) in [7, 11) is 0. The van der Waals surface area contributed by atoms with Crippen molar-refractivity contribution in [1.82, 2.24) is 15.2 Å². The molecule has 0 saturated carbocycles. The lowest BCUT2D eigenvalue weighted by Gasteiger charge is -2.28. The molecule has 0 radical (unpaired) electrons. The molecular weight excluding hydrogens is 290 g/mol. The first kappa shape index (κ1) is 15.5. The normalized spacial score (nSPS) is 14.3. The van der Waals surface area contributed by atoms with Gasteiger partial charge in [0, 0.05) is 37.9 Å². The van der Waals surface area contributed by atoms with E-state index in [1.165, 1.54) is 17.2 Å². The number of carbonyl (C=O) groups is 1. The summed E-state index contributed by atoms with van der Waals surface area (Å²) < 4.78 is 0. The van der Waals surface area contributed by atoms with Gasteiger partial charge < -0.3 is 10.3 Å². The number of rotatable bonds is 4. The standard InChI is InChI=1S/C18H21N3O2/c1-13-16(6-7-17(22)20-13)18(23)19-9-11-21-10-8-14-4-2-3-5-15(14)12-21/h2-7H,8-12H2,1H3,(H,19,23)(H,20,22). The zero-order valence-corrected chi connectivity index (χ0v) is 13.3. The number of carbonyl (C=O) groups excluding carboxylic acids is 1. The van der Waals surface area contributed by atoms with Crippen LogP contribution in [0.15, 0.2) is 41.2 Å². The van der Waals surface area contributed by atoms with E-state index in [-0.39, 0.29) is 11.5 Å². The number of aromatic amines is 1. The average molecular weight is 311 g/mol. The predicted molar refractivity (Wildman–Crippen MR) is 89.6 cm³/mol. The third kappa shape index (κ3) is 3.68. The molecule has 2 N–H and O–H groups in total. The van der Waals surface area contributed by atoms with Gasteiger partial charge in [-0.05, 0) is 30.5 Å². The molecule has 2 aromatic rings. The van der Waals surface area contributed by atoms with E-state index in [0.29, 0.717) is 17.8 Å². The second kappa shape index (κ2) is 6.79. The van der Waals surface area contributed by atoms with Gasteiger partial charge in [0.15, 0.2) is 0 Å². The zero-order chi connectivity index (χ0) is 16.2. The fraction of sp³-hybridized carbons (Fsp3) is 0.333. The van der Waals surface area contributed by atoms with E-state index in [0.717, 1.165) is 26.1 Å². The Kier molecular flexibility index (Phi) is 4.57. The second-order valence-corrected chi connectivity index (χ2v) is 5.91. The van der Waals surface area contributed by atoms with E-state index < -0.39 is 0 Å². The Hall–Kier alpha value is -2.40. The van der Waals surface area contributed by atoms with Gasteiger partial charge in [0.2, 0.25) is 5.56 Å². The molecule has 0 unspecified atom stereocenters. The van der Waals surface area contributed by atoms with Crippen molar-refractivity contribution in [1.29, 1.82) is 0 Å². The van der Waals surface area contributed by atoms with Crippen molar-refractivity contribution < 1.29 is 4.79 Å². The highest BCUT2D eigenvalue weighted by atomic mass is 16.1. The summed E-state index contributed by atoms with van der Waals surface area (Å²) in [5.74, 6) is -0.142. The number of hydrogen-bond donors (Lipinski definition) is 2. The van der Waals surface area contributed by atoms with E-state index in [1.54, 1.807) is 13.0 Å². The van der Waals surface area contributed by atoms with E-state index in [2.05, 4.69) is 39.5 Å². The number of fused-ring (bicyclic) bond motifs is 1. The van der Waals surface area contributed by atoms with Crippen LogP contribution in [0.3, 0.4) is 0 Å². The highest BCUT2D eigenvalue weighted by Gasteiger charge is 2.15. The molecule has 5 nitrogen and oxygen atoms in total. The van der Waals surface area contributed by atoms with Gasteiger partial charge in [0.25, 0.3) is 5.91 Å². The molecule has 1 aromatic heterocycles. The molecule has 2 heterocycles. The lowest BCUT2D eigenvalue weighted by atomic mass is 10.00. The molecule has 23 heavy (non-hydrogen) atoms. The Balaban J connectivity index is 1.52. The number of hydrogen-bond acceptors (Lipinski definition) is 3. The average Bonchev–Trinajstić information content (AvgIpc) is 2.54. The van der Waals surface area contributed by atoms with Crippen molar-refractivity contribution in [2.75, 3.05) is 19.6 Å². The van der Waals surface area contributed by atoms with Gasteiger partial charge in [0.1, 0.15) is 0 Å². The topological polar surface area (TPSA) is 65.2 Å². The summed E-state index contributed by atoms with van der Waals surface area (Å²) in [6.07, 6.45) is 1.06. The minimum Gasteiger partial charge on any atom is -0.351 e. The molecule has 0 spiro atoms. The van der Waals surface area contributed by atoms with Crippen LogP contribution >= 0.6 is 0 Å². The van der Waals surface area contributed by atoms with Crippen molar-refractivity contribution in [3.8, 4) is 0 Å². The van der Waals surface area contributed by atoms with Gasteiger partial charge in [-0.1, -0.05) is 24.3 Å². The predicted octanol–water partition coefficient (Wildman–Crippen LogP) is 1.47. The fourth-order valence-corrected chi connectivity index (χ4v) is 2.99. The van der Waals surface area contributed by atoms with Crippen LogP contribution in [0.2, 0.25) is 0 Å². The van der Waals surface area contributed by atoms with Crippen molar-refractivity contribution in [3.63, 3.8) is 0 Å². The van der Waals surface area contributed by atoms with Crippen molar-refractivity contribution in [2.45, 2.75) is 19.9 Å². The van der Waals surface area contributed by atoms with Crippen molar-refractivity contribution >= 4 is 5.91 Å². The maximum absolute atomic E-state index is 12.2. The Bertz CT molecular complexity index is 767. The summed E-state index contributed by atoms with van der Waals surface area (Å²) in [5.41, 5.74) is 3.74. The first-order chi connectivity index (χ1) is 11.1.